The number of rotatable bonds is 5. The van der Waals surface area contributed by atoms with Crippen molar-refractivity contribution < 1.29 is 9.13 Å². The van der Waals surface area contributed by atoms with Crippen LogP contribution >= 0.6 is 15.9 Å². The number of hydrogen-bond donors (Lipinski definition) is 2. The molecule has 0 fully saturated rings. The minimum atomic E-state index is -0.358. The summed E-state index contributed by atoms with van der Waals surface area (Å²) in [5.74, 6) is -0.358. The summed E-state index contributed by atoms with van der Waals surface area (Å²) in [4.78, 5) is 0. The first-order valence-corrected chi connectivity index (χ1v) is 5.87. The molecule has 0 bridgehead atoms. The van der Waals surface area contributed by atoms with Crippen LogP contribution in [0.3, 0.4) is 0 Å². The Kier molecular flexibility index (Phi) is 5.02. The average Bonchev–Trinajstić information content (AvgIpc) is 2.25. The minimum Gasteiger partial charge on any atom is -0.397 e. The Morgan fingerprint density at radius 2 is 2.25 bits per heavy atom. The van der Waals surface area contributed by atoms with Crippen LogP contribution in [0.4, 0.5) is 15.8 Å². The number of benzene rings is 1. The zero-order valence-electron chi connectivity index (χ0n) is 9.39. The van der Waals surface area contributed by atoms with Crippen LogP contribution in [0.1, 0.15) is 13.3 Å². The van der Waals surface area contributed by atoms with E-state index >= 15 is 0 Å². The summed E-state index contributed by atoms with van der Waals surface area (Å²) in [5, 5.41) is 3.22. The zero-order valence-corrected chi connectivity index (χ0v) is 11.0. The van der Waals surface area contributed by atoms with E-state index in [0.29, 0.717) is 16.8 Å². The number of ether oxygens (including phenoxy) is 1. The van der Waals surface area contributed by atoms with E-state index in [1.807, 2.05) is 6.92 Å². The molecule has 0 aliphatic heterocycles. The molecule has 16 heavy (non-hydrogen) atoms. The summed E-state index contributed by atoms with van der Waals surface area (Å²) in [6, 6.07) is 3.11. The molecule has 1 unspecified atom stereocenters. The number of anilines is 2. The standard InChI is InChI=1S/C11H16BrFN2O/c1-3-7(6-16-2)15-11-4-8(12)9(13)5-10(11)14/h4-5,7,15H,3,6,14H2,1-2H3. The second-order valence-electron chi connectivity index (χ2n) is 3.56. The van der Waals surface area contributed by atoms with Gasteiger partial charge in [-0.15, -0.1) is 0 Å². The van der Waals surface area contributed by atoms with Crippen molar-refractivity contribution in [3.05, 3.63) is 22.4 Å². The van der Waals surface area contributed by atoms with Crippen molar-refractivity contribution in [2.75, 3.05) is 24.8 Å². The maximum absolute atomic E-state index is 13.1. The quantitative estimate of drug-likeness (QED) is 0.820. The molecule has 3 N–H and O–H groups in total. The number of methoxy groups -OCH3 is 1. The van der Waals surface area contributed by atoms with Gasteiger partial charge in [0.2, 0.25) is 0 Å². The van der Waals surface area contributed by atoms with Crippen LogP contribution in [0.25, 0.3) is 0 Å². The van der Waals surface area contributed by atoms with Crippen LogP contribution in [-0.4, -0.2) is 19.8 Å². The van der Waals surface area contributed by atoms with Crippen molar-refractivity contribution in [1.29, 1.82) is 0 Å². The van der Waals surface area contributed by atoms with Gasteiger partial charge in [-0.2, -0.15) is 0 Å². The van der Waals surface area contributed by atoms with Crippen LogP contribution in [0, 0.1) is 5.82 Å². The molecule has 0 saturated carbocycles. The third kappa shape index (κ3) is 3.35. The fourth-order valence-corrected chi connectivity index (χ4v) is 1.71. The number of nitrogens with one attached hydrogen (secondary N) is 1. The lowest BCUT2D eigenvalue weighted by atomic mass is 10.2. The van der Waals surface area contributed by atoms with Gasteiger partial charge >= 0.3 is 0 Å². The van der Waals surface area contributed by atoms with Gasteiger partial charge in [-0.05, 0) is 28.4 Å². The number of halogens is 2. The Bertz CT molecular complexity index is 360. The topological polar surface area (TPSA) is 47.3 Å². The molecule has 0 amide bonds. The average molecular weight is 291 g/mol. The Morgan fingerprint density at radius 1 is 1.56 bits per heavy atom. The molecule has 1 aromatic carbocycles. The van der Waals surface area contributed by atoms with Crippen molar-refractivity contribution in [2.24, 2.45) is 0 Å². The summed E-state index contributed by atoms with van der Waals surface area (Å²) in [6.07, 6.45) is 0.905. The molecular formula is C11H16BrFN2O. The van der Waals surface area contributed by atoms with E-state index in [4.69, 9.17) is 10.5 Å². The van der Waals surface area contributed by atoms with Crippen LogP contribution < -0.4 is 11.1 Å². The number of nitrogen functional groups attached to an aromatic ring is 1. The van der Waals surface area contributed by atoms with E-state index in [9.17, 15) is 4.39 Å². The molecule has 0 aliphatic carbocycles. The lowest BCUT2D eigenvalue weighted by molar-refractivity contribution is 0.184. The second kappa shape index (κ2) is 6.06. The van der Waals surface area contributed by atoms with Crippen molar-refractivity contribution in [1.82, 2.24) is 0 Å². The first-order chi connectivity index (χ1) is 7.58. The van der Waals surface area contributed by atoms with Crippen LogP contribution in [0.15, 0.2) is 16.6 Å². The Morgan fingerprint density at radius 3 is 2.81 bits per heavy atom. The number of hydrogen-bond acceptors (Lipinski definition) is 3. The summed E-state index contributed by atoms with van der Waals surface area (Å²) < 4.78 is 18.6. The molecule has 0 spiro atoms. The van der Waals surface area contributed by atoms with Crippen LogP contribution in [-0.2, 0) is 4.74 Å². The third-order valence-corrected chi connectivity index (χ3v) is 2.92. The largest absolute Gasteiger partial charge is 0.397 e. The van der Waals surface area contributed by atoms with Gasteiger partial charge in [0.05, 0.1) is 22.5 Å². The molecule has 1 aromatic rings. The SMILES string of the molecule is CCC(COC)Nc1cc(Br)c(F)cc1N. The summed E-state index contributed by atoms with van der Waals surface area (Å²) in [5.41, 5.74) is 6.84. The molecule has 0 aliphatic rings. The molecular weight excluding hydrogens is 275 g/mol. The van der Waals surface area contributed by atoms with Crippen LogP contribution in [0.2, 0.25) is 0 Å². The smallest absolute Gasteiger partial charge is 0.139 e. The van der Waals surface area contributed by atoms with Gasteiger partial charge in [0.1, 0.15) is 5.82 Å². The Labute approximate surface area is 103 Å². The first kappa shape index (κ1) is 13.3. The van der Waals surface area contributed by atoms with Gasteiger partial charge in [-0.1, -0.05) is 6.92 Å². The first-order valence-electron chi connectivity index (χ1n) is 5.08. The van der Waals surface area contributed by atoms with Crippen molar-refractivity contribution in [3.63, 3.8) is 0 Å². The Hall–Kier alpha value is -0.810. The highest BCUT2D eigenvalue weighted by atomic mass is 79.9. The predicted octanol–water partition coefficient (Wildman–Crippen LogP) is 3.01. The fourth-order valence-electron chi connectivity index (χ4n) is 1.37. The van der Waals surface area contributed by atoms with Crippen LogP contribution in [0.5, 0.6) is 0 Å². The molecule has 1 rings (SSSR count). The van der Waals surface area contributed by atoms with Gasteiger partial charge in [0, 0.05) is 19.2 Å². The van der Waals surface area contributed by atoms with E-state index in [1.54, 1.807) is 13.2 Å². The molecule has 3 nitrogen and oxygen atoms in total. The fraction of sp³-hybridized carbons (Fsp3) is 0.455. The highest BCUT2D eigenvalue weighted by Gasteiger charge is 2.10. The zero-order chi connectivity index (χ0) is 12.1. The molecule has 0 saturated heterocycles. The maximum Gasteiger partial charge on any atom is 0.139 e. The summed E-state index contributed by atoms with van der Waals surface area (Å²) in [7, 11) is 1.65. The highest BCUT2D eigenvalue weighted by Crippen LogP contribution is 2.27. The maximum atomic E-state index is 13.1. The monoisotopic (exact) mass is 290 g/mol. The highest BCUT2D eigenvalue weighted by molar-refractivity contribution is 9.10. The lowest BCUT2D eigenvalue weighted by Crippen LogP contribution is -2.24. The van der Waals surface area contributed by atoms with E-state index < -0.39 is 0 Å². The molecule has 1 atom stereocenters. The van der Waals surface area contributed by atoms with Crippen molar-refractivity contribution >= 4 is 27.3 Å². The molecule has 0 radical (unpaired) electrons. The van der Waals surface area contributed by atoms with Gasteiger partial charge in [0.15, 0.2) is 0 Å². The van der Waals surface area contributed by atoms with E-state index in [2.05, 4.69) is 21.2 Å². The van der Waals surface area contributed by atoms with Crippen molar-refractivity contribution in [3.8, 4) is 0 Å². The summed E-state index contributed by atoms with van der Waals surface area (Å²) in [6.45, 7) is 2.64. The molecule has 90 valence electrons. The number of nitrogens with two attached hydrogens (primary N) is 1. The molecule has 0 aromatic heterocycles. The third-order valence-electron chi connectivity index (χ3n) is 2.31. The normalized spacial score (nSPS) is 12.5. The second-order valence-corrected chi connectivity index (χ2v) is 4.41. The van der Waals surface area contributed by atoms with E-state index in [-0.39, 0.29) is 11.9 Å². The van der Waals surface area contributed by atoms with E-state index in [1.165, 1.54) is 6.07 Å². The van der Waals surface area contributed by atoms with E-state index in [0.717, 1.165) is 12.1 Å². The molecule has 0 heterocycles. The van der Waals surface area contributed by atoms with Gasteiger partial charge in [-0.3, -0.25) is 0 Å². The lowest BCUT2D eigenvalue weighted by Gasteiger charge is -2.19. The summed E-state index contributed by atoms with van der Waals surface area (Å²) >= 11 is 3.13. The minimum absolute atomic E-state index is 0.171. The predicted molar refractivity (Wildman–Crippen MR) is 68.1 cm³/mol. The van der Waals surface area contributed by atoms with Gasteiger partial charge in [0.25, 0.3) is 0 Å². The van der Waals surface area contributed by atoms with Crippen molar-refractivity contribution in [2.45, 2.75) is 19.4 Å². The van der Waals surface area contributed by atoms with Gasteiger partial charge < -0.3 is 15.8 Å². The Balaban J connectivity index is 2.83. The van der Waals surface area contributed by atoms with Gasteiger partial charge in [-0.25, -0.2) is 4.39 Å². The molecule has 5 heteroatoms.